The Bertz CT molecular complexity index is 463. The second-order valence-corrected chi connectivity index (χ2v) is 11.3. The topological polar surface area (TPSA) is 64.2 Å². The van der Waals surface area contributed by atoms with Crippen molar-refractivity contribution >= 4 is 15.2 Å². The molecule has 0 aliphatic heterocycles. The Balaban J connectivity index is 3.43. The Hall–Kier alpha value is -1.09. The highest BCUT2D eigenvalue weighted by Gasteiger charge is 2.51. The fourth-order valence-electron chi connectivity index (χ4n) is 3.68. The highest BCUT2D eigenvalue weighted by atomic mass is 28.3. The van der Waals surface area contributed by atoms with Gasteiger partial charge in [-0.2, -0.15) is 5.26 Å². The maximum absolute atomic E-state index is 10.1. The van der Waals surface area contributed by atoms with E-state index in [9.17, 15) is 15.3 Å². The van der Waals surface area contributed by atoms with Crippen LogP contribution in [0, 0.1) is 11.3 Å². The van der Waals surface area contributed by atoms with Crippen molar-refractivity contribution in [3.8, 4) is 6.07 Å². The zero-order valence-corrected chi connectivity index (χ0v) is 14.3. The predicted octanol–water partition coefficient (Wildman–Crippen LogP) is 3.36. The summed E-state index contributed by atoms with van der Waals surface area (Å²) in [5.41, 5.74) is 1.05. The van der Waals surface area contributed by atoms with Crippen LogP contribution >= 0.6 is 0 Å². The summed E-state index contributed by atoms with van der Waals surface area (Å²) in [6.45, 7) is 6.55. The molecule has 0 aromatic heterocycles. The summed E-state index contributed by atoms with van der Waals surface area (Å²) >= 11 is 0. The summed E-state index contributed by atoms with van der Waals surface area (Å²) in [7, 11) is -3.24. The molecule has 114 valence electrons. The van der Waals surface area contributed by atoms with Crippen molar-refractivity contribution in [1.82, 2.24) is 0 Å². The minimum absolute atomic E-state index is 0.247. The van der Waals surface area contributed by atoms with E-state index in [-0.39, 0.29) is 6.32 Å². The van der Waals surface area contributed by atoms with Crippen LogP contribution < -0.4 is 0 Å². The van der Waals surface area contributed by atoms with Gasteiger partial charge in [-0.1, -0.05) is 69.2 Å². The Kier molecular flexibility index (Phi) is 6.66. The largest absolute Gasteiger partial charge is 0.451 e. The molecule has 0 radical (unpaired) electrons. The molecule has 1 unspecified atom stereocenters. The lowest BCUT2D eigenvalue weighted by molar-refractivity contribution is 0.399. The van der Waals surface area contributed by atoms with Gasteiger partial charge in [0.05, 0.1) is 19.2 Å². The minimum atomic E-state index is -1.89. The molecule has 3 nitrogen and oxygen atoms in total. The van der Waals surface area contributed by atoms with E-state index in [0.29, 0.717) is 6.42 Å². The van der Waals surface area contributed by atoms with Crippen molar-refractivity contribution in [1.29, 1.82) is 5.26 Å². The van der Waals surface area contributed by atoms with Crippen LogP contribution in [0.1, 0.15) is 32.8 Å². The van der Waals surface area contributed by atoms with Crippen LogP contribution in [-0.4, -0.2) is 25.2 Å². The first kappa shape index (κ1) is 18.0. The molecule has 0 fully saturated rings. The number of benzene rings is 1. The monoisotopic (exact) mass is 303 g/mol. The van der Waals surface area contributed by atoms with Gasteiger partial charge in [-0.3, -0.25) is 0 Å². The van der Waals surface area contributed by atoms with Crippen LogP contribution in [0.5, 0.6) is 0 Å². The molecule has 2 N–H and O–H groups in total. The second-order valence-electron chi connectivity index (χ2n) is 5.74. The maximum Gasteiger partial charge on any atom is 0.451 e. The van der Waals surface area contributed by atoms with E-state index < -0.39 is 20.2 Å². The Labute approximate surface area is 129 Å². The van der Waals surface area contributed by atoms with Gasteiger partial charge in [0.1, 0.15) is 0 Å². The van der Waals surface area contributed by atoms with Crippen molar-refractivity contribution in [3.63, 3.8) is 0 Å². The Morgan fingerprint density at radius 2 is 1.62 bits per heavy atom. The highest BCUT2D eigenvalue weighted by Crippen LogP contribution is 2.44. The van der Waals surface area contributed by atoms with Crippen molar-refractivity contribution in [2.75, 3.05) is 0 Å². The van der Waals surface area contributed by atoms with Gasteiger partial charge < -0.3 is 10.0 Å². The molecule has 0 aliphatic carbocycles. The molecule has 0 spiro atoms. The first-order valence-electron chi connectivity index (χ1n) is 7.84. The number of nitrogens with zero attached hydrogens (tertiary/aromatic N) is 1. The summed E-state index contributed by atoms with van der Waals surface area (Å²) in [4.78, 5) is 0. The van der Waals surface area contributed by atoms with Crippen molar-refractivity contribution < 1.29 is 10.0 Å². The second kappa shape index (κ2) is 7.79. The average molecular weight is 303 g/mol. The third-order valence-corrected chi connectivity index (χ3v) is 11.7. The molecule has 21 heavy (non-hydrogen) atoms. The van der Waals surface area contributed by atoms with Crippen LogP contribution in [0.4, 0.5) is 0 Å². The van der Waals surface area contributed by atoms with Gasteiger partial charge in [-0.15, -0.1) is 0 Å². The Morgan fingerprint density at radius 3 is 2.00 bits per heavy atom. The van der Waals surface area contributed by atoms with Crippen LogP contribution in [0.2, 0.25) is 24.5 Å². The zero-order valence-electron chi connectivity index (χ0n) is 13.3. The summed E-state index contributed by atoms with van der Waals surface area (Å²) in [5.74, 6) is 0. The lowest BCUT2D eigenvalue weighted by atomic mass is 9.79. The average Bonchev–Trinajstić information content (AvgIpc) is 2.53. The molecule has 0 bridgehead atoms. The first-order valence-corrected chi connectivity index (χ1v) is 10.5. The lowest BCUT2D eigenvalue weighted by Crippen LogP contribution is -2.54. The molecule has 1 rings (SSSR count). The minimum Gasteiger partial charge on any atom is -0.427 e. The van der Waals surface area contributed by atoms with Gasteiger partial charge in [0.15, 0.2) is 0 Å². The third kappa shape index (κ3) is 3.40. The van der Waals surface area contributed by atoms with E-state index in [1.165, 1.54) is 0 Å². The molecule has 0 heterocycles. The molecular formula is C16H26BNO2Si. The molecule has 0 saturated heterocycles. The standard InChI is InChI=1S/C16H26BNO2Si/c1-4-21(5-2,6-3)16(14-18,12-13-17(19)20)15-10-8-7-9-11-15/h7-11,19-20H,4-6,12-13H2,1-3H3. The molecule has 0 aliphatic rings. The zero-order chi connectivity index (χ0) is 15.9. The van der Waals surface area contributed by atoms with Crippen molar-refractivity contribution in [2.24, 2.45) is 0 Å². The summed E-state index contributed by atoms with van der Waals surface area (Å²) in [6, 6.07) is 15.7. The van der Waals surface area contributed by atoms with Gasteiger partial charge in [-0.05, 0) is 18.3 Å². The highest BCUT2D eigenvalue weighted by molar-refractivity contribution is 6.83. The van der Waals surface area contributed by atoms with Gasteiger partial charge in [0.2, 0.25) is 0 Å². The van der Waals surface area contributed by atoms with Gasteiger partial charge in [0.25, 0.3) is 0 Å². The van der Waals surface area contributed by atoms with Crippen LogP contribution in [0.15, 0.2) is 30.3 Å². The summed E-state index contributed by atoms with van der Waals surface area (Å²) < 4.78 is 0. The van der Waals surface area contributed by atoms with E-state index in [0.717, 1.165) is 23.7 Å². The van der Waals surface area contributed by atoms with Crippen LogP contribution in [0.3, 0.4) is 0 Å². The van der Waals surface area contributed by atoms with E-state index in [1.54, 1.807) is 0 Å². The summed E-state index contributed by atoms with van der Waals surface area (Å²) in [5, 5.41) is 28.2. The third-order valence-electron chi connectivity index (χ3n) is 5.17. The lowest BCUT2D eigenvalue weighted by Gasteiger charge is -2.44. The first-order chi connectivity index (χ1) is 10.0. The molecule has 1 aromatic rings. The molecule has 1 atom stereocenters. The van der Waals surface area contributed by atoms with E-state index in [1.807, 2.05) is 30.3 Å². The van der Waals surface area contributed by atoms with Crippen LogP contribution in [-0.2, 0) is 5.04 Å². The SMILES string of the molecule is CC[Si](CC)(CC)C(C#N)(CCB(O)O)c1ccccc1. The maximum atomic E-state index is 10.1. The molecule has 0 saturated carbocycles. The molecule has 5 heteroatoms. The van der Waals surface area contributed by atoms with Crippen molar-refractivity contribution in [2.45, 2.75) is 56.7 Å². The van der Waals surface area contributed by atoms with Gasteiger partial charge in [-0.25, -0.2) is 0 Å². The smallest absolute Gasteiger partial charge is 0.427 e. The Morgan fingerprint density at radius 1 is 1.10 bits per heavy atom. The molecule has 0 amide bonds. The fraction of sp³-hybridized carbons (Fsp3) is 0.562. The number of rotatable bonds is 8. The van der Waals surface area contributed by atoms with Gasteiger partial charge >= 0.3 is 7.12 Å². The van der Waals surface area contributed by atoms with Gasteiger partial charge in [0, 0.05) is 0 Å². The quantitative estimate of drug-likeness (QED) is 0.724. The molecule has 1 aromatic carbocycles. The summed E-state index contributed by atoms with van der Waals surface area (Å²) in [6.07, 6.45) is 0.768. The molecular weight excluding hydrogens is 277 g/mol. The van der Waals surface area contributed by atoms with Crippen molar-refractivity contribution in [3.05, 3.63) is 35.9 Å². The van der Waals surface area contributed by atoms with E-state index in [4.69, 9.17) is 0 Å². The fourth-order valence-corrected chi connectivity index (χ4v) is 8.68. The van der Waals surface area contributed by atoms with E-state index >= 15 is 0 Å². The van der Waals surface area contributed by atoms with E-state index in [2.05, 4.69) is 26.8 Å². The number of hydrogen-bond donors (Lipinski definition) is 2. The normalized spacial score (nSPS) is 14.3. The number of hydrogen-bond acceptors (Lipinski definition) is 3. The van der Waals surface area contributed by atoms with Crippen LogP contribution in [0.25, 0.3) is 0 Å². The number of nitriles is 1. The predicted molar refractivity (Wildman–Crippen MR) is 90.5 cm³/mol.